The van der Waals surface area contributed by atoms with E-state index in [2.05, 4.69) is 20.6 Å². The normalized spacial score (nSPS) is 11.7. The minimum atomic E-state index is -4.70. The van der Waals surface area contributed by atoms with Gasteiger partial charge in [0, 0.05) is 29.7 Å². The minimum absolute atomic E-state index is 0.0631. The fraction of sp³-hybridized carbons (Fsp3) is 0.238. The lowest BCUT2D eigenvalue weighted by Gasteiger charge is -2.21. The first-order chi connectivity index (χ1) is 14.9. The molecule has 0 spiro atoms. The second-order valence-electron chi connectivity index (χ2n) is 7.75. The standard InChI is InChI=1S/C21H20F3N5O3/c1-20(2,3)32-16-10-6-14(7-11-16)27-19-25-12-17(21(22,23)24)18(28-19)26-13-4-8-15(9-5-13)29(30)31/h4-12H,1-3H3,(H2,25,26,27,28). The number of halogens is 3. The zero-order chi connectivity index (χ0) is 23.5. The van der Waals surface area contributed by atoms with Gasteiger partial charge in [-0.15, -0.1) is 0 Å². The summed E-state index contributed by atoms with van der Waals surface area (Å²) in [7, 11) is 0. The number of nitrogens with one attached hydrogen (secondary N) is 2. The van der Waals surface area contributed by atoms with Crippen molar-refractivity contribution >= 4 is 28.8 Å². The van der Waals surface area contributed by atoms with Crippen LogP contribution in [0.5, 0.6) is 5.75 Å². The van der Waals surface area contributed by atoms with Crippen LogP contribution >= 0.6 is 0 Å². The first-order valence-electron chi connectivity index (χ1n) is 9.42. The molecule has 1 aromatic heterocycles. The molecule has 8 nitrogen and oxygen atoms in total. The summed E-state index contributed by atoms with van der Waals surface area (Å²) in [5.41, 5.74) is -0.878. The number of anilines is 4. The first-order valence-corrected chi connectivity index (χ1v) is 9.42. The number of rotatable bonds is 6. The quantitative estimate of drug-likeness (QED) is 0.349. The third-order valence-corrected chi connectivity index (χ3v) is 3.97. The number of benzene rings is 2. The fourth-order valence-electron chi connectivity index (χ4n) is 2.64. The van der Waals surface area contributed by atoms with Crippen molar-refractivity contribution in [1.29, 1.82) is 0 Å². The van der Waals surface area contributed by atoms with E-state index in [-0.39, 0.29) is 22.9 Å². The summed E-state index contributed by atoms with van der Waals surface area (Å²) in [6.07, 6.45) is -4.03. The lowest BCUT2D eigenvalue weighted by molar-refractivity contribution is -0.384. The van der Waals surface area contributed by atoms with Gasteiger partial charge in [0.1, 0.15) is 22.7 Å². The highest BCUT2D eigenvalue weighted by Gasteiger charge is 2.35. The zero-order valence-electron chi connectivity index (χ0n) is 17.4. The van der Waals surface area contributed by atoms with Crippen LogP contribution in [0.2, 0.25) is 0 Å². The molecule has 0 amide bonds. The van der Waals surface area contributed by atoms with Gasteiger partial charge in [-0.25, -0.2) is 4.98 Å². The van der Waals surface area contributed by atoms with Gasteiger partial charge in [-0.1, -0.05) is 0 Å². The average Bonchev–Trinajstić information content (AvgIpc) is 2.68. The molecule has 168 valence electrons. The van der Waals surface area contributed by atoms with Crippen LogP contribution < -0.4 is 15.4 Å². The molecule has 0 saturated carbocycles. The van der Waals surface area contributed by atoms with E-state index in [1.807, 2.05) is 20.8 Å². The lowest BCUT2D eigenvalue weighted by atomic mass is 10.2. The molecule has 0 unspecified atom stereocenters. The molecule has 0 radical (unpaired) electrons. The molecular weight excluding hydrogens is 427 g/mol. The molecule has 2 N–H and O–H groups in total. The van der Waals surface area contributed by atoms with E-state index >= 15 is 0 Å². The summed E-state index contributed by atoms with van der Waals surface area (Å²) < 4.78 is 46.0. The second kappa shape index (κ2) is 8.69. The fourth-order valence-corrected chi connectivity index (χ4v) is 2.64. The number of ether oxygens (including phenoxy) is 1. The molecule has 0 bridgehead atoms. The van der Waals surface area contributed by atoms with E-state index in [1.54, 1.807) is 24.3 Å². The van der Waals surface area contributed by atoms with Gasteiger partial charge in [0.25, 0.3) is 5.69 Å². The minimum Gasteiger partial charge on any atom is -0.488 e. The van der Waals surface area contributed by atoms with Crippen molar-refractivity contribution in [2.24, 2.45) is 0 Å². The summed E-state index contributed by atoms with van der Waals surface area (Å²) >= 11 is 0. The van der Waals surface area contributed by atoms with Gasteiger partial charge in [0.05, 0.1) is 4.92 Å². The van der Waals surface area contributed by atoms with Crippen molar-refractivity contribution in [3.05, 3.63) is 70.4 Å². The Kier molecular flexibility index (Phi) is 6.19. The highest BCUT2D eigenvalue weighted by Crippen LogP contribution is 2.35. The van der Waals surface area contributed by atoms with Crippen LogP contribution in [0, 0.1) is 10.1 Å². The predicted molar refractivity (Wildman–Crippen MR) is 114 cm³/mol. The molecule has 0 saturated heterocycles. The van der Waals surface area contributed by atoms with Crippen LogP contribution in [0.15, 0.2) is 54.7 Å². The molecule has 32 heavy (non-hydrogen) atoms. The summed E-state index contributed by atoms with van der Waals surface area (Å²) in [5, 5.41) is 16.2. The Balaban J connectivity index is 1.84. The largest absolute Gasteiger partial charge is 0.488 e. The van der Waals surface area contributed by atoms with Crippen molar-refractivity contribution in [2.75, 3.05) is 10.6 Å². The Hall–Kier alpha value is -3.89. The average molecular weight is 447 g/mol. The SMILES string of the molecule is CC(C)(C)Oc1ccc(Nc2ncc(C(F)(F)F)c(Nc3ccc([N+](=O)[O-])cc3)n2)cc1. The maximum Gasteiger partial charge on any atom is 0.421 e. The van der Waals surface area contributed by atoms with Crippen molar-refractivity contribution < 1.29 is 22.8 Å². The van der Waals surface area contributed by atoms with E-state index in [4.69, 9.17) is 4.74 Å². The van der Waals surface area contributed by atoms with E-state index in [0.29, 0.717) is 17.6 Å². The number of hydrogen-bond donors (Lipinski definition) is 2. The molecule has 0 aliphatic rings. The van der Waals surface area contributed by atoms with Gasteiger partial charge >= 0.3 is 6.18 Å². The highest BCUT2D eigenvalue weighted by molar-refractivity contribution is 5.64. The molecule has 0 aliphatic heterocycles. The van der Waals surface area contributed by atoms with Gasteiger partial charge in [-0.05, 0) is 57.2 Å². The van der Waals surface area contributed by atoms with Gasteiger partial charge in [-0.3, -0.25) is 10.1 Å². The van der Waals surface area contributed by atoms with Crippen molar-refractivity contribution in [1.82, 2.24) is 9.97 Å². The van der Waals surface area contributed by atoms with Crippen LogP contribution in [0.4, 0.5) is 42.0 Å². The van der Waals surface area contributed by atoms with Crippen molar-refractivity contribution in [3.8, 4) is 5.75 Å². The zero-order valence-corrected chi connectivity index (χ0v) is 17.4. The number of aromatic nitrogens is 2. The van der Waals surface area contributed by atoms with E-state index in [9.17, 15) is 23.3 Å². The van der Waals surface area contributed by atoms with Crippen LogP contribution in [-0.2, 0) is 6.18 Å². The third kappa shape index (κ3) is 6.06. The Morgan fingerprint density at radius 3 is 2.03 bits per heavy atom. The first kappa shape index (κ1) is 22.8. The van der Waals surface area contributed by atoms with Gasteiger partial charge < -0.3 is 15.4 Å². The van der Waals surface area contributed by atoms with Gasteiger partial charge in [0.15, 0.2) is 0 Å². The maximum atomic E-state index is 13.4. The molecule has 3 aromatic rings. The molecule has 0 fully saturated rings. The summed E-state index contributed by atoms with van der Waals surface area (Å²) in [6.45, 7) is 5.73. The van der Waals surface area contributed by atoms with Crippen LogP contribution in [-0.4, -0.2) is 20.5 Å². The number of nitrogens with zero attached hydrogens (tertiary/aromatic N) is 3. The Morgan fingerprint density at radius 1 is 0.938 bits per heavy atom. The molecule has 0 aliphatic carbocycles. The Bertz CT molecular complexity index is 1100. The van der Waals surface area contributed by atoms with E-state index in [0.717, 1.165) is 0 Å². The number of nitro benzene ring substituents is 1. The van der Waals surface area contributed by atoms with Crippen LogP contribution in [0.25, 0.3) is 0 Å². The van der Waals surface area contributed by atoms with Crippen LogP contribution in [0.3, 0.4) is 0 Å². The number of nitro groups is 1. The Morgan fingerprint density at radius 2 is 1.50 bits per heavy atom. The summed E-state index contributed by atoms with van der Waals surface area (Å²) in [5.74, 6) is 0.0837. The molecule has 11 heteroatoms. The summed E-state index contributed by atoms with van der Waals surface area (Å²) in [4.78, 5) is 17.9. The van der Waals surface area contributed by atoms with E-state index < -0.39 is 22.5 Å². The highest BCUT2D eigenvalue weighted by atomic mass is 19.4. The third-order valence-electron chi connectivity index (χ3n) is 3.97. The van der Waals surface area contributed by atoms with Crippen LogP contribution in [0.1, 0.15) is 26.3 Å². The lowest BCUT2D eigenvalue weighted by Crippen LogP contribution is -2.22. The predicted octanol–water partition coefficient (Wildman–Crippen LogP) is 6.07. The molecule has 3 rings (SSSR count). The topological polar surface area (TPSA) is 102 Å². The number of alkyl halides is 3. The monoisotopic (exact) mass is 447 g/mol. The van der Waals surface area contributed by atoms with Gasteiger partial charge in [-0.2, -0.15) is 18.2 Å². The molecular formula is C21H20F3N5O3. The maximum absolute atomic E-state index is 13.4. The number of non-ortho nitro benzene ring substituents is 1. The van der Waals surface area contributed by atoms with Gasteiger partial charge in [0.2, 0.25) is 5.95 Å². The Labute approximate surface area is 181 Å². The molecule has 2 aromatic carbocycles. The molecule has 1 heterocycles. The van der Waals surface area contributed by atoms with Crippen molar-refractivity contribution in [2.45, 2.75) is 32.5 Å². The smallest absolute Gasteiger partial charge is 0.421 e. The second-order valence-corrected chi connectivity index (χ2v) is 7.75. The van der Waals surface area contributed by atoms with E-state index in [1.165, 1.54) is 24.3 Å². The number of hydrogen-bond acceptors (Lipinski definition) is 7. The molecule has 0 atom stereocenters. The summed E-state index contributed by atoms with van der Waals surface area (Å²) in [6, 6.07) is 11.7. The van der Waals surface area contributed by atoms with Crippen molar-refractivity contribution in [3.63, 3.8) is 0 Å².